The summed E-state index contributed by atoms with van der Waals surface area (Å²) in [6.07, 6.45) is 6.32. The second-order valence-electron chi connectivity index (χ2n) is 19.4. The molecule has 2 aliphatic heterocycles. The Morgan fingerprint density at radius 2 is 1.84 bits per heavy atom. The van der Waals surface area contributed by atoms with Gasteiger partial charge in [-0.05, 0) is 74.3 Å². The Labute approximate surface area is 394 Å². The number of carbonyl (C=O) groups is 4. The topological polar surface area (TPSA) is 204 Å². The van der Waals surface area contributed by atoms with E-state index in [9.17, 15) is 22.8 Å². The molecule has 4 bridgehead atoms. The van der Waals surface area contributed by atoms with Crippen LogP contribution in [0.4, 0.5) is 4.79 Å². The van der Waals surface area contributed by atoms with Crippen LogP contribution in [0.1, 0.15) is 89.3 Å². The first kappa shape index (κ1) is 46.4. The summed E-state index contributed by atoms with van der Waals surface area (Å²) in [4.78, 5) is 68.2. The van der Waals surface area contributed by atoms with Gasteiger partial charge in [-0.3, -0.25) is 19.1 Å². The largest absolute Gasteiger partial charge is 0.496 e. The fraction of sp³-hybridized carbons (Fsp3) is 0.510. The van der Waals surface area contributed by atoms with Crippen molar-refractivity contribution in [2.75, 3.05) is 20.3 Å². The van der Waals surface area contributed by atoms with Crippen LogP contribution in [0.5, 0.6) is 17.4 Å². The van der Waals surface area contributed by atoms with E-state index in [-0.39, 0.29) is 44.4 Å². The Hall–Kier alpha value is -5.75. The number of methoxy groups -OCH3 is 1. The zero-order valence-electron chi connectivity index (χ0n) is 38.1. The molecule has 9 rings (SSSR count). The van der Waals surface area contributed by atoms with Crippen LogP contribution in [0, 0.1) is 17.3 Å². The maximum Gasteiger partial charge on any atom is 0.407 e. The van der Waals surface area contributed by atoms with E-state index in [0.717, 1.165) is 47.5 Å². The molecule has 356 valence electrons. The van der Waals surface area contributed by atoms with Gasteiger partial charge in [-0.25, -0.2) is 23.2 Å². The molecule has 0 radical (unpaired) electrons. The number of fused-ring (bicyclic) bond motifs is 3. The van der Waals surface area contributed by atoms with Crippen molar-refractivity contribution in [3.63, 3.8) is 0 Å². The van der Waals surface area contributed by atoms with Crippen molar-refractivity contribution in [1.29, 1.82) is 0 Å². The predicted molar refractivity (Wildman–Crippen MR) is 251 cm³/mol. The summed E-state index contributed by atoms with van der Waals surface area (Å²) in [5.41, 5.74) is 1.19. The number of alkyl carbamates (subject to hydrolysis) is 1. The molecule has 1 saturated heterocycles. The summed E-state index contributed by atoms with van der Waals surface area (Å²) in [7, 11) is -2.33. The number of nitrogens with zero attached hydrogens (tertiary/aromatic N) is 3. The van der Waals surface area contributed by atoms with E-state index >= 15 is 4.79 Å². The Bertz CT molecular complexity index is 2670. The van der Waals surface area contributed by atoms with Crippen LogP contribution >= 0.6 is 11.3 Å². The Balaban J connectivity index is 1.07. The summed E-state index contributed by atoms with van der Waals surface area (Å²) in [6, 6.07) is 13.3. The second-order valence-corrected chi connectivity index (χ2v) is 22.2. The van der Waals surface area contributed by atoms with Crippen LogP contribution in [0.2, 0.25) is 0 Å². The van der Waals surface area contributed by atoms with Crippen molar-refractivity contribution in [3.8, 4) is 28.0 Å². The zero-order chi connectivity index (χ0) is 47.1. The number of sulfonamides is 1. The van der Waals surface area contributed by atoms with E-state index in [1.165, 1.54) is 22.3 Å². The van der Waals surface area contributed by atoms with Gasteiger partial charge in [0.25, 0.3) is 5.91 Å². The summed E-state index contributed by atoms with van der Waals surface area (Å²) in [5.74, 6) is -1.42. The van der Waals surface area contributed by atoms with Gasteiger partial charge in [-0.15, -0.1) is 17.9 Å². The average Bonchev–Trinajstić information content (AvgIpc) is 4.08. The van der Waals surface area contributed by atoms with Crippen LogP contribution in [0.15, 0.2) is 66.6 Å². The van der Waals surface area contributed by atoms with Crippen LogP contribution in [-0.4, -0.2) is 96.3 Å². The van der Waals surface area contributed by atoms with Crippen LogP contribution in [-0.2, 0) is 42.2 Å². The number of nitrogens with one attached hydrogen (secondary N) is 3. The SMILES string of the molecule is C=C[C@@H]1CC1(NC(=O)[C@@H]1C[C@@H]2CN1C(=O)[C@H](C1CCCC1)NC(=O)OCC(C)(C)CCCc1cc3c(cc(OCc4csc(-c5ccccc5)n4)nc3cc1OC)O2)C(=O)NS(=O)(=O)C1CC1. The highest BCUT2D eigenvalue weighted by Crippen LogP contribution is 2.46. The summed E-state index contributed by atoms with van der Waals surface area (Å²) < 4.78 is 53.0. The van der Waals surface area contributed by atoms with Gasteiger partial charge in [0, 0.05) is 40.8 Å². The minimum atomic E-state index is -3.94. The molecule has 18 heteroatoms. The highest BCUT2D eigenvalue weighted by Gasteiger charge is 2.62. The lowest BCUT2D eigenvalue weighted by molar-refractivity contribution is -0.142. The Morgan fingerprint density at radius 3 is 2.55 bits per heavy atom. The number of hydrogen-bond acceptors (Lipinski definition) is 13. The molecule has 2 aromatic carbocycles. The summed E-state index contributed by atoms with van der Waals surface area (Å²) >= 11 is 1.51. The lowest BCUT2D eigenvalue weighted by Gasteiger charge is -2.32. The number of cyclic esters (lactones) is 1. The lowest BCUT2D eigenvalue weighted by Crippen LogP contribution is -2.59. The number of hydrogen-bond donors (Lipinski definition) is 3. The Kier molecular flexibility index (Phi) is 13.0. The number of carbonyl (C=O) groups excluding carboxylic acids is 4. The van der Waals surface area contributed by atoms with E-state index in [0.29, 0.717) is 54.5 Å². The highest BCUT2D eigenvalue weighted by molar-refractivity contribution is 7.91. The number of rotatable bonds is 12. The fourth-order valence-electron chi connectivity index (χ4n) is 9.72. The number of thiazole rings is 1. The Morgan fingerprint density at radius 1 is 1.06 bits per heavy atom. The molecule has 67 heavy (non-hydrogen) atoms. The summed E-state index contributed by atoms with van der Waals surface area (Å²) in [5, 5.41) is 8.58. The van der Waals surface area contributed by atoms with Gasteiger partial charge < -0.3 is 34.5 Å². The van der Waals surface area contributed by atoms with Crippen LogP contribution < -0.4 is 29.6 Å². The molecule has 3 saturated carbocycles. The van der Waals surface area contributed by atoms with E-state index < -0.39 is 74.1 Å². The number of aromatic nitrogens is 2. The smallest absolute Gasteiger partial charge is 0.407 e. The van der Waals surface area contributed by atoms with Gasteiger partial charge in [0.15, 0.2) is 0 Å². The average molecular weight is 955 g/mol. The first-order valence-electron chi connectivity index (χ1n) is 23.2. The minimum absolute atomic E-state index is 0.00846. The van der Waals surface area contributed by atoms with Gasteiger partial charge in [0.05, 0.1) is 36.7 Å². The molecule has 5 atom stereocenters. The molecular weight excluding hydrogens is 897 g/mol. The third-order valence-corrected chi connectivity index (χ3v) is 16.5. The first-order chi connectivity index (χ1) is 32.1. The van der Waals surface area contributed by atoms with Gasteiger partial charge in [0.2, 0.25) is 27.7 Å². The number of pyridine rings is 1. The summed E-state index contributed by atoms with van der Waals surface area (Å²) in [6.45, 7) is 8.08. The molecular formula is C49H58N6O10S2. The molecule has 0 spiro atoms. The first-order valence-corrected chi connectivity index (χ1v) is 25.6. The van der Waals surface area contributed by atoms with Crippen molar-refractivity contribution >= 4 is 56.1 Å². The third-order valence-electron chi connectivity index (χ3n) is 13.8. The molecule has 1 unspecified atom stereocenters. The molecule has 2 aromatic heterocycles. The van der Waals surface area contributed by atoms with E-state index in [1.54, 1.807) is 13.2 Å². The molecule has 16 nitrogen and oxygen atoms in total. The van der Waals surface area contributed by atoms with Gasteiger partial charge >= 0.3 is 6.09 Å². The molecule has 4 amide bonds. The number of amides is 4. The van der Waals surface area contributed by atoms with E-state index in [1.807, 2.05) is 61.7 Å². The van der Waals surface area contributed by atoms with Crippen LogP contribution in [0.25, 0.3) is 21.5 Å². The van der Waals surface area contributed by atoms with Gasteiger partial charge in [-0.1, -0.05) is 63.1 Å². The van der Waals surface area contributed by atoms with Crippen molar-refractivity contribution in [2.24, 2.45) is 17.3 Å². The molecule has 5 aliphatic rings. The molecule has 4 fully saturated rings. The number of ether oxygens (including phenoxy) is 4. The van der Waals surface area contributed by atoms with E-state index in [4.69, 9.17) is 28.9 Å². The monoisotopic (exact) mass is 954 g/mol. The quantitative estimate of drug-likeness (QED) is 0.128. The predicted octanol–water partition coefficient (Wildman–Crippen LogP) is 6.61. The number of aryl methyl sites for hydroxylation is 1. The minimum Gasteiger partial charge on any atom is -0.496 e. The van der Waals surface area contributed by atoms with Crippen molar-refractivity contribution in [2.45, 2.75) is 120 Å². The standard InChI is InChI=1S/C49H58N6O10S2/c1-5-32-24-49(32,46(58)54-67(60,61)35-17-18-35)53-43(56)38-21-34-25-55(38)45(57)42(29-12-9-10-13-29)52-47(59)64-28-48(2,3)19-11-16-31-20-36-37(22-39(31)62-4)51-41(23-40(36)65-34)63-26-33-27-66-44(50-33)30-14-7-6-8-15-30/h5-8,14-15,20,22-23,27,29,32,34-35,38,42H,1,9-13,16-19,21,24-26,28H2,2-4H3,(H,52,59)(H,53,56)(H,54,58)/t32-,34-,38+,42+,49?/m1/s1. The molecule has 4 heterocycles. The van der Waals surface area contributed by atoms with Gasteiger partial charge in [-0.2, -0.15) is 0 Å². The lowest BCUT2D eigenvalue weighted by atomic mass is 9.87. The second kappa shape index (κ2) is 18.7. The fourth-order valence-corrected chi connectivity index (χ4v) is 11.9. The van der Waals surface area contributed by atoms with Crippen molar-refractivity contribution in [3.05, 3.63) is 77.8 Å². The zero-order valence-corrected chi connectivity index (χ0v) is 39.7. The normalized spacial score (nSPS) is 25.6. The highest BCUT2D eigenvalue weighted by atomic mass is 32.2. The molecule has 3 aliphatic carbocycles. The number of benzene rings is 2. The maximum absolute atomic E-state index is 15.0. The third kappa shape index (κ3) is 10.1. The maximum atomic E-state index is 15.0. The molecule has 4 aromatic rings. The van der Waals surface area contributed by atoms with Crippen molar-refractivity contribution < 1.29 is 46.5 Å². The molecule has 3 N–H and O–H groups in total. The van der Waals surface area contributed by atoms with Crippen molar-refractivity contribution in [1.82, 2.24) is 30.2 Å². The van der Waals surface area contributed by atoms with Crippen LogP contribution in [0.3, 0.4) is 0 Å². The van der Waals surface area contributed by atoms with Gasteiger partial charge in [0.1, 0.15) is 46.8 Å². The van der Waals surface area contributed by atoms with E-state index in [2.05, 4.69) is 21.9 Å².